The van der Waals surface area contributed by atoms with E-state index in [0.717, 1.165) is 25.6 Å². The molecule has 0 unspecified atom stereocenters. The van der Waals surface area contributed by atoms with Crippen molar-refractivity contribution in [3.05, 3.63) is 109 Å². The third-order valence-electron chi connectivity index (χ3n) is 6.09. The predicted octanol–water partition coefficient (Wildman–Crippen LogP) is 4.24. The van der Waals surface area contributed by atoms with Gasteiger partial charge in [-0.3, -0.25) is 9.78 Å². The maximum absolute atomic E-state index is 12.7. The molecule has 1 atom stereocenters. The zero-order valence-electron chi connectivity index (χ0n) is 18.4. The van der Waals surface area contributed by atoms with Crippen molar-refractivity contribution in [2.75, 3.05) is 0 Å². The van der Waals surface area contributed by atoms with E-state index in [1.165, 1.54) is 0 Å². The molecule has 5 rings (SSSR count). The van der Waals surface area contributed by atoms with Gasteiger partial charge in [0.15, 0.2) is 0 Å². The zero-order valence-corrected chi connectivity index (χ0v) is 21.3. The average molecular weight is 583 g/mol. The monoisotopic (exact) mass is 582 g/mol. The van der Waals surface area contributed by atoms with Crippen LogP contribution in [0.2, 0.25) is 5.02 Å². The Bertz CT molecular complexity index is 1590. The van der Waals surface area contributed by atoms with Crippen LogP contribution >= 0.6 is 34.2 Å². The molecular weight excluding hydrogens is 563 g/mol. The van der Waals surface area contributed by atoms with Crippen LogP contribution in [0.5, 0.6) is 0 Å². The molecule has 0 saturated heterocycles. The summed E-state index contributed by atoms with van der Waals surface area (Å²) >= 11 is 8.53. The summed E-state index contributed by atoms with van der Waals surface area (Å²) in [6.07, 6.45) is 3.35. The summed E-state index contributed by atoms with van der Waals surface area (Å²) in [6, 6.07) is 19.0. The standard InChI is InChI=1S/C25H20ClIN6O/c1-32-21-13-29-22(11-20(21)19(12-24(32)34)15-4-3-5-17(26)10-15)25(28,23-14-30-31-33(23)2)16-6-8-18(27)9-7-16/h3-14H,28H2,1-2H3/t25-/m1/s1. The quantitative estimate of drug-likeness (QED) is 0.320. The first kappa shape index (κ1) is 22.7. The second kappa shape index (κ2) is 8.61. The number of hydrogen-bond acceptors (Lipinski definition) is 5. The summed E-state index contributed by atoms with van der Waals surface area (Å²) in [7, 11) is 3.53. The molecule has 2 aromatic carbocycles. The lowest BCUT2D eigenvalue weighted by molar-refractivity contribution is 0.550. The highest BCUT2D eigenvalue weighted by Crippen LogP contribution is 2.36. The number of nitrogens with two attached hydrogens (primary N) is 1. The molecule has 0 amide bonds. The Hall–Kier alpha value is -3.08. The van der Waals surface area contributed by atoms with Gasteiger partial charge >= 0.3 is 0 Å². The maximum Gasteiger partial charge on any atom is 0.251 e. The number of nitrogens with zero attached hydrogens (tertiary/aromatic N) is 5. The number of fused-ring (bicyclic) bond motifs is 1. The first-order valence-corrected chi connectivity index (χ1v) is 11.9. The lowest BCUT2D eigenvalue weighted by Gasteiger charge is -2.30. The van der Waals surface area contributed by atoms with E-state index < -0.39 is 5.54 Å². The van der Waals surface area contributed by atoms with Crippen LogP contribution in [0.15, 0.2) is 77.9 Å². The van der Waals surface area contributed by atoms with Crippen molar-refractivity contribution in [3.63, 3.8) is 0 Å². The molecule has 0 aliphatic rings. The van der Waals surface area contributed by atoms with Crippen molar-refractivity contribution in [2.24, 2.45) is 19.8 Å². The van der Waals surface area contributed by atoms with Crippen LogP contribution in [0.25, 0.3) is 22.0 Å². The van der Waals surface area contributed by atoms with Gasteiger partial charge in [0, 0.05) is 34.1 Å². The number of halogens is 2. The van der Waals surface area contributed by atoms with Gasteiger partial charge in [-0.2, -0.15) is 0 Å². The lowest BCUT2D eigenvalue weighted by Crippen LogP contribution is -2.42. The summed E-state index contributed by atoms with van der Waals surface area (Å²) in [5.74, 6) is 0. The van der Waals surface area contributed by atoms with Crippen LogP contribution in [-0.4, -0.2) is 24.5 Å². The van der Waals surface area contributed by atoms with Gasteiger partial charge in [-0.25, -0.2) is 4.68 Å². The molecule has 0 radical (unpaired) electrons. The Morgan fingerprint density at radius 1 is 1.03 bits per heavy atom. The number of benzene rings is 2. The topological polar surface area (TPSA) is 91.6 Å². The van der Waals surface area contributed by atoms with Crippen molar-refractivity contribution < 1.29 is 0 Å². The fraction of sp³-hybridized carbons (Fsp3) is 0.120. The van der Waals surface area contributed by atoms with Crippen LogP contribution in [0.1, 0.15) is 17.0 Å². The minimum absolute atomic E-state index is 0.135. The Labute approximate surface area is 214 Å². The second-order valence-electron chi connectivity index (χ2n) is 8.11. The largest absolute Gasteiger partial charge is 0.311 e. The minimum atomic E-state index is -1.13. The molecule has 3 aromatic heterocycles. The van der Waals surface area contributed by atoms with Gasteiger partial charge in [-0.05, 0) is 69.6 Å². The highest BCUT2D eigenvalue weighted by atomic mass is 127. The number of pyridine rings is 2. The van der Waals surface area contributed by atoms with Crippen molar-refractivity contribution in [3.8, 4) is 11.1 Å². The van der Waals surface area contributed by atoms with Crippen LogP contribution in [0.4, 0.5) is 0 Å². The molecule has 34 heavy (non-hydrogen) atoms. The van der Waals surface area contributed by atoms with Gasteiger partial charge in [0.25, 0.3) is 5.56 Å². The van der Waals surface area contributed by atoms with E-state index in [1.54, 1.807) is 47.9 Å². The Kier molecular flexibility index (Phi) is 5.75. The number of aryl methyl sites for hydroxylation is 2. The van der Waals surface area contributed by atoms with E-state index in [9.17, 15) is 4.79 Å². The van der Waals surface area contributed by atoms with Gasteiger partial charge in [0.05, 0.1) is 29.3 Å². The van der Waals surface area contributed by atoms with Gasteiger partial charge < -0.3 is 10.3 Å². The fourth-order valence-corrected chi connectivity index (χ4v) is 4.79. The van der Waals surface area contributed by atoms with E-state index >= 15 is 0 Å². The van der Waals surface area contributed by atoms with Gasteiger partial charge in [-0.15, -0.1) is 5.10 Å². The van der Waals surface area contributed by atoms with Crippen LogP contribution in [-0.2, 0) is 19.6 Å². The SMILES string of the molecule is Cn1nncc1[C@@](N)(c1ccc(I)cc1)c1cc2c(-c3cccc(Cl)c3)cc(=O)n(C)c2cn1. The molecule has 0 spiro atoms. The molecule has 170 valence electrons. The van der Waals surface area contributed by atoms with Crippen molar-refractivity contribution in [1.82, 2.24) is 24.5 Å². The molecule has 0 saturated carbocycles. The molecule has 7 nitrogen and oxygen atoms in total. The van der Waals surface area contributed by atoms with E-state index in [1.807, 2.05) is 48.5 Å². The van der Waals surface area contributed by atoms with Gasteiger partial charge in [0.2, 0.25) is 0 Å². The van der Waals surface area contributed by atoms with Crippen molar-refractivity contribution >= 4 is 45.1 Å². The Morgan fingerprint density at radius 2 is 1.79 bits per heavy atom. The molecule has 9 heteroatoms. The van der Waals surface area contributed by atoms with Crippen LogP contribution in [0, 0.1) is 3.57 Å². The van der Waals surface area contributed by atoms with Crippen LogP contribution < -0.4 is 11.3 Å². The third-order valence-corrected chi connectivity index (χ3v) is 7.04. The molecule has 0 aliphatic carbocycles. The fourth-order valence-electron chi connectivity index (χ4n) is 4.24. The first-order valence-electron chi connectivity index (χ1n) is 10.5. The lowest BCUT2D eigenvalue weighted by atomic mass is 9.83. The van der Waals surface area contributed by atoms with Crippen LogP contribution in [0.3, 0.4) is 0 Å². The van der Waals surface area contributed by atoms with Crippen molar-refractivity contribution in [2.45, 2.75) is 5.54 Å². The molecular formula is C25H20ClIN6O. The summed E-state index contributed by atoms with van der Waals surface area (Å²) in [5, 5.41) is 9.60. The third kappa shape index (κ3) is 3.71. The Morgan fingerprint density at radius 3 is 2.47 bits per heavy atom. The number of hydrogen-bond donors (Lipinski definition) is 1. The summed E-state index contributed by atoms with van der Waals surface area (Å²) in [4.78, 5) is 17.5. The highest BCUT2D eigenvalue weighted by Gasteiger charge is 2.37. The highest BCUT2D eigenvalue weighted by molar-refractivity contribution is 14.1. The van der Waals surface area contributed by atoms with E-state index in [-0.39, 0.29) is 5.56 Å². The van der Waals surface area contributed by atoms with E-state index in [2.05, 4.69) is 32.9 Å². The summed E-state index contributed by atoms with van der Waals surface area (Å²) in [6.45, 7) is 0. The van der Waals surface area contributed by atoms with Crippen molar-refractivity contribution in [1.29, 1.82) is 0 Å². The van der Waals surface area contributed by atoms with Gasteiger partial charge in [-0.1, -0.05) is 41.1 Å². The van der Waals surface area contributed by atoms with Gasteiger partial charge in [0.1, 0.15) is 5.54 Å². The number of aromatic nitrogens is 5. The molecule has 3 heterocycles. The normalized spacial score (nSPS) is 13.2. The predicted molar refractivity (Wildman–Crippen MR) is 142 cm³/mol. The molecule has 2 N–H and O–H groups in total. The first-order chi connectivity index (χ1) is 16.3. The number of rotatable bonds is 4. The average Bonchev–Trinajstić information content (AvgIpc) is 3.27. The second-order valence-corrected chi connectivity index (χ2v) is 9.79. The minimum Gasteiger partial charge on any atom is -0.311 e. The smallest absolute Gasteiger partial charge is 0.251 e. The zero-order chi connectivity index (χ0) is 24.0. The summed E-state index contributed by atoms with van der Waals surface area (Å²) < 4.78 is 4.33. The van der Waals surface area contributed by atoms with E-state index in [4.69, 9.17) is 22.3 Å². The molecule has 0 fully saturated rings. The molecule has 0 aliphatic heterocycles. The van der Waals surface area contributed by atoms with E-state index in [0.29, 0.717) is 21.9 Å². The maximum atomic E-state index is 12.7. The molecule has 5 aromatic rings. The summed E-state index contributed by atoms with van der Waals surface area (Å²) in [5.41, 5.74) is 10.3. The Balaban J connectivity index is 1.84. The molecule has 0 bridgehead atoms.